The molecule has 2 amide bonds. The molecule has 0 spiro atoms. The summed E-state index contributed by atoms with van der Waals surface area (Å²) < 4.78 is 6.70. The first-order valence-corrected chi connectivity index (χ1v) is 15.7. The van der Waals surface area contributed by atoms with Gasteiger partial charge in [-0.15, -0.1) is 0 Å². The van der Waals surface area contributed by atoms with Gasteiger partial charge < -0.3 is 15.4 Å². The summed E-state index contributed by atoms with van der Waals surface area (Å²) in [7, 11) is 0. The molecule has 238 valence electrons. The van der Waals surface area contributed by atoms with Crippen molar-refractivity contribution in [3.63, 3.8) is 0 Å². The fraction of sp³-hybridized carbons (Fsp3) is 0.943. The van der Waals surface area contributed by atoms with Crippen LogP contribution in [0.15, 0.2) is 0 Å². The van der Waals surface area contributed by atoms with Gasteiger partial charge in [0.15, 0.2) is 0 Å². The topological polar surface area (TPSA) is 67.4 Å². The zero-order valence-electron chi connectivity index (χ0n) is 30.3. The molecule has 0 radical (unpaired) electrons. The van der Waals surface area contributed by atoms with E-state index >= 15 is 0 Å². The van der Waals surface area contributed by atoms with Gasteiger partial charge in [-0.05, 0) is 88.4 Å². The minimum atomic E-state index is -0.555. The van der Waals surface area contributed by atoms with Crippen molar-refractivity contribution in [1.82, 2.24) is 10.6 Å². The van der Waals surface area contributed by atoms with E-state index in [1.54, 1.807) is 0 Å². The highest BCUT2D eigenvalue weighted by Crippen LogP contribution is 2.52. The van der Waals surface area contributed by atoms with Crippen molar-refractivity contribution in [3.8, 4) is 0 Å². The fourth-order valence-corrected chi connectivity index (χ4v) is 6.79. The lowest BCUT2D eigenvalue weighted by Crippen LogP contribution is -2.52. The van der Waals surface area contributed by atoms with Gasteiger partial charge in [0, 0.05) is 22.9 Å². The first-order valence-electron chi connectivity index (χ1n) is 15.7. The summed E-state index contributed by atoms with van der Waals surface area (Å²) in [5.74, 6) is 0.223. The highest BCUT2D eigenvalue weighted by atomic mass is 16.5. The monoisotopic (exact) mass is 567 g/mol. The summed E-state index contributed by atoms with van der Waals surface area (Å²) in [6, 6.07) is 0.257. The van der Waals surface area contributed by atoms with Crippen molar-refractivity contribution in [1.29, 1.82) is 0 Å². The highest BCUT2D eigenvalue weighted by molar-refractivity contribution is 5.82. The third-order valence-electron chi connectivity index (χ3n) is 9.60. The van der Waals surface area contributed by atoms with E-state index in [-0.39, 0.29) is 51.5 Å². The Morgan fingerprint density at radius 1 is 0.575 bits per heavy atom. The maximum atomic E-state index is 13.0. The third-order valence-corrected chi connectivity index (χ3v) is 9.60. The first-order chi connectivity index (χ1) is 17.4. The number of ether oxygens (including phenoxy) is 1. The van der Waals surface area contributed by atoms with E-state index in [0.717, 1.165) is 19.3 Å². The van der Waals surface area contributed by atoms with Crippen molar-refractivity contribution in [3.05, 3.63) is 0 Å². The maximum Gasteiger partial charge on any atom is 0.226 e. The average Bonchev–Trinajstić information content (AvgIpc) is 2.67. The zero-order valence-corrected chi connectivity index (χ0v) is 30.3. The Morgan fingerprint density at radius 2 is 0.975 bits per heavy atom. The minimum Gasteiger partial charge on any atom is -0.375 e. The molecule has 0 aliphatic rings. The molecule has 0 aliphatic carbocycles. The summed E-state index contributed by atoms with van der Waals surface area (Å²) in [6.07, 6.45) is 2.90. The molecule has 0 bridgehead atoms. The van der Waals surface area contributed by atoms with Gasteiger partial charge in [0.2, 0.25) is 11.8 Å². The van der Waals surface area contributed by atoms with Gasteiger partial charge >= 0.3 is 0 Å². The number of hydrogen-bond acceptors (Lipinski definition) is 3. The Kier molecular flexibility index (Phi) is 12.7. The highest BCUT2D eigenvalue weighted by Gasteiger charge is 2.47. The van der Waals surface area contributed by atoms with Crippen molar-refractivity contribution in [2.45, 2.75) is 168 Å². The Balaban J connectivity index is 5.58. The molecule has 0 aliphatic heterocycles. The SMILES string of the molecule is CC(C)NC(=O)C(C)(C)CC(C)(C)CC(C)(C)CC(C)(C)C(C)(C)COC(C)(C)C(C)C(C)(C)C(=O)NC(C)C. The average molecular weight is 567 g/mol. The molecule has 0 aromatic rings. The molecule has 40 heavy (non-hydrogen) atoms. The van der Waals surface area contributed by atoms with Crippen molar-refractivity contribution in [2.24, 2.45) is 38.4 Å². The van der Waals surface area contributed by atoms with Crippen LogP contribution in [0, 0.1) is 38.4 Å². The quantitative estimate of drug-likeness (QED) is 0.196. The van der Waals surface area contributed by atoms with Gasteiger partial charge in [-0.1, -0.05) is 90.0 Å². The van der Waals surface area contributed by atoms with Gasteiger partial charge in [0.1, 0.15) is 0 Å². The van der Waals surface area contributed by atoms with Crippen LogP contribution in [0.25, 0.3) is 0 Å². The third kappa shape index (κ3) is 11.3. The molecule has 5 nitrogen and oxygen atoms in total. The smallest absolute Gasteiger partial charge is 0.226 e. The lowest BCUT2D eigenvalue weighted by atomic mass is 9.58. The van der Waals surface area contributed by atoms with Crippen LogP contribution in [0.4, 0.5) is 0 Å². The van der Waals surface area contributed by atoms with Gasteiger partial charge in [-0.2, -0.15) is 0 Å². The Morgan fingerprint density at radius 3 is 1.40 bits per heavy atom. The molecule has 0 saturated carbocycles. The van der Waals surface area contributed by atoms with Gasteiger partial charge in [0.25, 0.3) is 0 Å². The number of hydrogen-bond donors (Lipinski definition) is 2. The van der Waals surface area contributed by atoms with Gasteiger partial charge in [-0.3, -0.25) is 9.59 Å². The number of carbonyl (C=O) groups excluding carboxylic acids is 2. The van der Waals surface area contributed by atoms with Crippen LogP contribution in [-0.4, -0.2) is 36.1 Å². The molecule has 0 rings (SSSR count). The summed E-state index contributed by atoms with van der Waals surface area (Å²) in [5, 5.41) is 6.20. The predicted octanol–water partition coefficient (Wildman–Crippen LogP) is 8.79. The molecular formula is C35H70N2O3. The van der Waals surface area contributed by atoms with E-state index in [1.165, 1.54) is 0 Å². The largest absolute Gasteiger partial charge is 0.375 e. The van der Waals surface area contributed by atoms with Crippen LogP contribution in [-0.2, 0) is 14.3 Å². The van der Waals surface area contributed by atoms with Crippen LogP contribution >= 0.6 is 0 Å². The first kappa shape index (κ1) is 38.9. The minimum absolute atomic E-state index is 0.000961. The molecular weight excluding hydrogens is 496 g/mol. The van der Waals surface area contributed by atoms with Crippen molar-refractivity contribution in [2.75, 3.05) is 6.61 Å². The van der Waals surface area contributed by atoms with E-state index in [1.807, 2.05) is 41.5 Å². The molecule has 0 aromatic heterocycles. The number of rotatable bonds is 16. The second-order valence-corrected chi connectivity index (χ2v) is 18.1. The summed E-state index contributed by atoms with van der Waals surface area (Å²) >= 11 is 0. The van der Waals surface area contributed by atoms with Crippen molar-refractivity contribution < 1.29 is 14.3 Å². The zero-order chi connectivity index (χ0) is 32.3. The van der Waals surface area contributed by atoms with Gasteiger partial charge in [-0.25, -0.2) is 0 Å². The molecule has 5 heteroatoms. The van der Waals surface area contributed by atoms with Crippen LogP contribution < -0.4 is 10.6 Å². The normalized spacial score (nSPS) is 15.4. The Labute approximate surface area is 250 Å². The second kappa shape index (κ2) is 13.0. The molecule has 1 atom stereocenters. The number of carbonyl (C=O) groups is 2. The lowest BCUT2D eigenvalue weighted by molar-refractivity contribution is -0.153. The molecule has 0 saturated heterocycles. The second-order valence-electron chi connectivity index (χ2n) is 18.1. The lowest BCUT2D eigenvalue weighted by Gasteiger charge is -2.50. The molecule has 0 heterocycles. The maximum absolute atomic E-state index is 13.0. The summed E-state index contributed by atoms with van der Waals surface area (Å²) in [6.45, 7) is 41.9. The standard InChI is InChI=1S/C35H70N2O3/c1-24(2)36-27(38)31(10,11)21-29(6,7)20-30(8,9)22-32(12,13)33(14,15)23-40-35(18,19)26(5)34(16,17)28(39)37-25(3)4/h24-26H,20-23H2,1-19H3,(H,36,38)(H,37,39). The fourth-order valence-electron chi connectivity index (χ4n) is 6.79. The van der Waals surface area contributed by atoms with E-state index in [2.05, 4.69) is 101 Å². The van der Waals surface area contributed by atoms with E-state index in [9.17, 15) is 9.59 Å². The van der Waals surface area contributed by atoms with E-state index in [4.69, 9.17) is 4.74 Å². The van der Waals surface area contributed by atoms with E-state index in [0.29, 0.717) is 6.61 Å². The van der Waals surface area contributed by atoms with Crippen LogP contribution in [0.1, 0.15) is 151 Å². The Hall–Kier alpha value is -1.10. The molecule has 1 unspecified atom stereocenters. The van der Waals surface area contributed by atoms with Crippen LogP contribution in [0.3, 0.4) is 0 Å². The molecule has 0 fully saturated rings. The Bertz CT molecular complexity index is 845. The van der Waals surface area contributed by atoms with Crippen LogP contribution in [0.5, 0.6) is 0 Å². The molecule has 0 aromatic carbocycles. The van der Waals surface area contributed by atoms with Gasteiger partial charge in [0.05, 0.1) is 12.2 Å². The number of nitrogens with one attached hydrogen (secondary N) is 2. The van der Waals surface area contributed by atoms with Crippen LogP contribution in [0.2, 0.25) is 0 Å². The summed E-state index contributed by atoms with van der Waals surface area (Å²) in [5.41, 5.74) is -1.44. The van der Waals surface area contributed by atoms with E-state index < -0.39 is 16.4 Å². The predicted molar refractivity (Wildman–Crippen MR) is 172 cm³/mol. The molecule has 2 N–H and O–H groups in total. The number of amides is 2. The van der Waals surface area contributed by atoms with Crippen molar-refractivity contribution >= 4 is 11.8 Å². The summed E-state index contributed by atoms with van der Waals surface area (Å²) in [4.78, 5) is 25.9.